The molecule has 0 atom stereocenters. The van der Waals surface area contributed by atoms with Gasteiger partial charge in [0.25, 0.3) is 0 Å². The first-order valence-corrected chi connectivity index (χ1v) is 8.30. The topological polar surface area (TPSA) is 12.0 Å². The van der Waals surface area contributed by atoms with Gasteiger partial charge in [0, 0.05) is 27.7 Å². The van der Waals surface area contributed by atoms with Crippen LogP contribution in [0.3, 0.4) is 0 Å². The van der Waals surface area contributed by atoms with Crippen LogP contribution in [-0.2, 0) is 0 Å². The summed E-state index contributed by atoms with van der Waals surface area (Å²) in [6.07, 6.45) is 7.19. The first-order chi connectivity index (χ1) is 8.36. The Hall–Kier alpha value is -0.150. The quantitative estimate of drug-likeness (QED) is 0.774. The van der Waals surface area contributed by atoms with Crippen molar-refractivity contribution in [1.82, 2.24) is 0 Å². The maximum atomic E-state index is 3.56. The second kappa shape index (κ2) is 7.32. The van der Waals surface area contributed by atoms with Crippen LogP contribution < -0.4 is 5.32 Å². The third-order valence-electron chi connectivity index (χ3n) is 3.20. The Morgan fingerprint density at radius 2 is 1.94 bits per heavy atom. The number of halogens is 1. The summed E-state index contributed by atoms with van der Waals surface area (Å²) < 4.78 is 1.16. The van der Waals surface area contributed by atoms with E-state index in [4.69, 9.17) is 0 Å². The van der Waals surface area contributed by atoms with Gasteiger partial charge >= 0.3 is 0 Å². The first-order valence-electron chi connectivity index (χ1n) is 6.46. The van der Waals surface area contributed by atoms with Crippen LogP contribution in [0.15, 0.2) is 28.7 Å². The first kappa shape index (κ1) is 13.3. The van der Waals surface area contributed by atoms with E-state index in [1.807, 2.05) is 6.07 Å². The number of thioether (sulfide) groups is 1. The maximum Gasteiger partial charge on any atom is 0.0484 e. The van der Waals surface area contributed by atoms with E-state index in [-0.39, 0.29) is 0 Å². The molecule has 0 radical (unpaired) electrons. The van der Waals surface area contributed by atoms with Crippen LogP contribution in [0.1, 0.15) is 32.1 Å². The van der Waals surface area contributed by atoms with Crippen molar-refractivity contribution >= 4 is 33.4 Å². The van der Waals surface area contributed by atoms with E-state index >= 15 is 0 Å². The summed E-state index contributed by atoms with van der Waals surface area (Å²) in [6, 6.07) is 8.32. The van der Waals surface area contributed by atoms with Crippen LogP contribution in [0.5, 0.6) is 0 Å². The lowest BCUT2D eigenvalue weighted by Crippen LogP contribution is -2.12. The fourth-order valence-corrected chi connectivity index (χ4v) is 3.89. The molecule has 1 aliphatic carbocycles. The van der Waals surface area contributed by atoms with Gasteiger partial charge in [0.05, 0.1) is 0 Å². The standard InChI is InChI=1S/C14H20BrNS/c15-13-8-4-5-9-14(13)16-10-11-17-12-6-2-1-3-7-12/h4-5,8-9,12,16H,1-3,6-7,10-11H2. The summed E-state index contributed by atoms with van der Waals surface area (Å²) >= 11 is 5.70. The van der Waals surface area contributed by atoms with Gasteiger partial charge in [0.15, 0.2) is 0 Å². The number of para-hydroxylation sites is 1. The number of rotatable bonds is 5. The molecule has 0 saturated heterocycles. The van der Waals surface area contributed by atoms with Crippen LogP contribution in [0, 0.1) is 0 Å². The highest BCUT2D eigenvalue weighted by Gasteiger charge is 2.12. The third-order valence-corrected chi connectivity index (χ3v) is 5.27. The minimum atomic E-state index is 0.921. The largest absolute Gasteiger partial charge is 0.383 e. The zero-order valence-corrected chi connectivity index (χ0v) is 12.5. The predicted molar refractivity (Wildman–Crippen MR) is 82.0 cm³/mol. The number of anilines is 1. The molecular formula is C14H20BrNS. The number of hydrogen-bond acceptors (Lipinski definition) is 2. The zero-order chi connectivity index (χ0) is 11.9. The van der Waals surface area contributed by atoms with E-state index in [9.17, 15) is 0 Å². The normalized spacial score (nSPS) is 17.0. The molecule has 3 heteroatoms. The average molecular weight is 314 g/mol. The summed E-state index contributed by atoms with van der Waals surface area (Å²) in [5.74, 6) is 1.21. The average Bonchev–Trinajstić information content (AvgIpc) is 2.38. The molecule has 1 fully saturated rings. The molecule has 94 valence electrons. The monoisotopic (exact) mass is 313 g/mol. The molecule has 0 bridgehead atoms. The molecule has 1 N–H and O–H groups in total. The van der Waals surface area contributed by atoms with Crippen molar-refractivity contribution in [2.24, 2.45) is 0 Å². The maximum absolute atomic E-state index is 3.56. The van der Waals surface area contributed by atoms with E-state index in [1.54, 1.807) is 0 Å². The fraction of sp³-hybridized carbons (Fsp3) is 0.571. The highest BCUT2D eigenvalue weighted by Crippen LogP contribution is 2.28. The molecule has 1 aromatic carbocycles. The van der Waals surface area contributed by atoms with E-state index in [0.29, 0.717) is 0 Å². The van der Waals surface area contributed by atoms with Crippen molar-refractivity contribution in [3.8, 4) is 0 Å². The van der Waals surface area contributed by atoms with Crippen molar-refractivity contribution in [1.29, 1.82) is 0 Å². The molecule has 0 aliphatic heterocycles. The van der Waals surface area contributed by atoms with Crippen molar-refractivity contribution in [2.45, 2.75) is 37.4 Å². The van der Waals surface area contributed by atoms with Gasteiger partial charge < -0.3 is 5.32 Å². The SMILES string of the molecule is Brc1ccccc1NCCSC1CCCCC1. The summed E-state index contributed by atoms with van der Waals surface area (Å²) in [7, 11) is 0. The third kappa shape index (κ3) is 4.55. The van der Waals surface area contributed by atoms with Crippen LogP contribution in [0.2, 0.25) is 0 Å². The summed E-state index contributed by atoms with van der Waals surface area (Å²) in [5, 5.41) is 4.41. The van der Waals surface area contributed by atoms with Crippen molar-refractivity contribution in [2.75, 3.05) is 17.6 Å². The Morgan fingerprint density at radius 3 is 2.71 bits per heavy atom. The Morgan fingerprint density at radius 1 is 1.18 bits per heavy atom. The number of benzene rings is 1. The van der Waals surface area contributed by atoms with Crippen LogP contribution >= 0.6 is 27.7 Å². The van der Waals surface area contributed by atoms with Gasteiger partial charge in [0.2, 0.25) is 0 Å². The van der Waals surface area contributed by atoms with Gasteiger partial charge in [-0.15, -0.1) is 0 Å². The number of nitrogens with one attached hydrogen (secondary N) is 1. The van der Waals surface area contributed by atoms with Crippen molar-refractivity contribution in [3.05, 3.63) is 28.7 Å². The molecule has 1 aromatic rings. The Bertz CT molecular complexity index is 337. The summed E-state index contributed by atoms with van der Waals surface area (Å²) in [5.41, 5.74) is 1.21. The van der Waals surface area contributed by atoms with Crippen molar-refractivity contribution < 1.29 is 0 Å². The van der Waals surface area contributed by atoms with Gasteiger partial charge in [0.1, 0.15) is 0 Å². The van der Waals surface area contributed by atoms with Crippen LogP contribution in [0.4, 0.5) is 5.69 Å². The fourth-order valence-electron chi connectivity index (χ4n) is 2.25. The lowest BCUT2D eigenvalue weighted by atomic mass is 10.0. The Balaban J connectivity index is 1.64. The smallest absolute Gasteiger partial charge is 0.0484 e. The molecule has 1 nitrogen and oxygen atoms in total. The van der Waals surface area contributed by atoms with Gasteiger partial charge in [-0.25, -0.2) is 0 Å². The Labute approximate surface area is 117 Å². The molecule has 1 saturated carbocycles. The highest BCUT2D eigenvalue weighted by atomic mass is 79.9. The molecule has 0 amide bonds. The second-order valence-corrected chi connectivity index (χ2v) is 6.80. The van der Waals surface area contributed by atoms with E-state index < -0.39 is 0 Å². The molecule has 0 unspecified atom stereocenters. The predicted octanol–water partition coefficient (Wildman–Crippen LogP) is 4.93. The molecule has 2 rings (SSSR count). The van der Waals surface area contributed by atoms with Crippen LogP contribution in [0.25, 0.3) is 0 Å². The van der Waals surface area contributed by atoms with Gasteiger partial charge in [-0.3, -0.25) is 0 Å². The van der Waals surface area contributed by atoms with E-state index in [0.717, 1.165) is 16.3 Å². The zero-order valence-electron chi connectivity index (χ0n) is 10.1. The molecule has 0 spiro atoms. The molecule has 1 aliphatic rings. The van der Waals surface area contributed by atoms with Crippen molar-refractivity contribution in [3.63, 3.8) is 0 Å². The highest BCUT2D eigenvalue weighted by molar-refractivity contribution is 9.10. The summed E-state index contributed by atoms with van der Waals surface area (Å²) in [4.78, 5) is 0. The molecule has 0 heterocycles. The van der Waals surface area contributed by atoms with Crippen LogP contribution in [-0.4, -0.2) is 17.5 Å². The number of hydrogen-bond donors (Lipinski definition) is 1. The second-order valence-electron chi connectivity index (χ2n) is 4.54. The van der Waals surface area contributed by atoms with Gasteiger partial charge in [-0.1, -0.05) is 31.4 Å². The van der Waals surface area contributed by atoms with Gasteiger partial charge in [-0.05, 0) is 40.9 Å². The van der Waals surface area contributed by atoms with E-state index in [1.165, 1.54) is 43.5 Å². The molecule has 0 aromatic heterocycles. The molecule has 17 heavy (non-hydrogen) atoms. The Kier molecular flexibility index (Phi) is 5.72. The summed E-state index contributed by atoms with van der Waals surface area (Å²) in [6.45, 7) is 1.06. The minimum Gasteiger partial charge on any atom is -0.383 e. The minimum absolute atomic E-state index is 0.921. The lowest BCUT2D eigenvalue weighted by Gasteiger charge is -2.21. The lowest BCUT2D eigenvalue weighted by molar-refractivity contribution is 0.516. The van der Waals surface area contributed by atoms with E-state index in [2.05, 4.69) is 51.2 Å². The molecular weight excluding hydrogens is 294 g/mol. The van der Waals surface area contributed by atoms with Gasteiger partial charge in [-0.2, -0.15) is 11.8 Å².